The molecule has 1 aliphatic rings. The number of aromatic nitrogens is 1. The van der Waals surface area contributed by atoms with E-state index in [4.69, 9.17) is 0 Å². The van der Waals surface area contributed by atoms with E-state index >= 15 is 4.39 Å². The Balaban J connectivity index is 2.23. The average molecular weight is 499 g/mol. The quantitative estimate of drug-likeness (QED) is 0.415. The van der Waals surface area contributed by atoms with E-state index in [2.05, 4.69) is 11.9 Å². The first-order valence-electron chi connectivity index (χ1n) is 12.0. The minimum Gasteiger partial charge on any atom is -0.371 e. The molecule has 1 N–H and O–H groups in total. The molecule has 1 unspecified atom stereocenters. The lowest BCUT2D eigenvalue weighted by Gasteiger charge is -2.33. The molecule has 0 aliphatic carbocycles. The van der Waals surface area contributed by atoms with Crippen molar-refractivity contribution in [2.45, 2.75) is 19.9 Å². The highest BCUT2D eigenvalue weighted by atomic mass is 19.1. The highest BCUT2D eigenvalue weighted by molar-refractivity contribution is 6.04. The van der Waals surface area contributed by atoms with Gasteiger partial charge in [-0.05, 0) is 43.7 Å². The predicted molar refractivity (Wildman–Crippen MR) is 147 cm³/mol. The number of carbonyl (C=O) groups excluding carboxylic acids is 2. The van der Waals surface area contributed by atoms with Crippen LogP contribution in [0.1, 0.15) is 40.1 Å². The molecule has 2 aromatic carbocycles. The Morgan fingerprint density at radius 1 is 1.14 bits per heavy atom. The molecular formula is C30H31FN4O2. The third-order valence-electron chi connectivity index (χ3n) is 6.47. The molecule has 1 aromatic heterocycles. The SMILES string of the molecule is C=CC1=C(/C=C\C)n2c(-c3cccc(C)c3)c(C=O)c(N(C)C(=O)N(C)C)c2C(c2ccccc2F)N1. The fourth-order valence-corrected chi connectivity index (χ4v) is 4.89. The van der Waals surface area contributed by atoms with Crippen molar-refractivity contribution in [3.05, 3.63) is 107 Å². The summed E-state index contributed by atoms with van der Waals surface area (Å²) in [6.07, 6.45) is 6.26. The largest absolute Gasteiger partial charge is 0.371 e. The first-order chi connectivity index (χ1) is 17.7. The number of urea groups is 1. The number of nitrogens with zero attached hydrogens (tertiary/aromatic N) is 3. The zero-order chi connectivity index (χ0) is 26.9. The molecule has 1 atom stereocenters. The maximum Gasteiger partial charge on any atom is 0.323 e. The molecule has 4 rings (SSSR count). The van der Waals surface area contributed by atoms with Gasteiger partial charge in [0.05, 0.1) is 40.1 Å². The summed E-state index contributed by atoms with van der Waals surface area (Å²) in [5.41, 5.74) is 5.58. The third-order valence-corrected chi connectivity index (χ3v) is 6.47. The number of amides is 2. The molecule has 6 nitrogen and oxygen atoms in total. The Hall–Kier alpha value is -4.39. The molecule has 0 saturated heterocycles. The Kier molecular flexibility index (Phi) is 7.16. The number of aryl methyl sites for hydroxylation is 1. The fourth-order valence-electron chi connectivity index (χ4n) is 4.89. The van der Waals surface area contributed by atoms with Gasteiger partial charge in [-0.1, -0.05) is 54.6 Å². The molecule has 37 heavy (non-hydrogen) atoms. The van der Waals surface area contributed by atoms with Crippen LogP contribution in [0.4, 0.5) is 14.9 Å². The van der Waals surface area contributed by atoms with Gasteiger partial charge in [0, 0.05) is 26.7 Å². The van der Waals surface area contributed by atoms with Crippen molar-refractivity contribution in [3.8, 4) is 11.3 Å². The van der Waals surface area contributed by atoms with E-state index in [9.17, 15) is 9.59 Å². The molecule has 0 bridgehead atoms. The van der Waals surface area contributed by atoms with Crippen LogP contribution >= 0.6 is 0 Å². The number of fused-ring (bicyclic) bond motifs is 1. The smallest absolute Gasteiger partial charge is 0.323 e. The lowest BCUT2D eigenvalue weighted by molar-refractivity contribution is 0.112. The van der Waals surface area contributed by atoms with Gasteiger partial charge in [-0.3, -0.25) is 9.69 Å². The standard InChI is InChI=1S/C30H31FN4O2/c1-7-12-25-24(8-2)32-26(21-15-9-10-16-23(21)31)29-28(34(6)30(37)33(4)5)22(18-36)27(35(25)29)20-14-11-13-19(3)17-20/h7-18,26,32H,2H2,1,3-6H3/b12-7-. The van der Waals surface area contributed by atoms with Crippen molar-refractivity contribution in [2.75, 3.05) is 26.0 Å². The van der Waals surface area contributed by atoms with Gasteiger partial charge in [0.15, 0.2) is 6.29 Å². The summed E-state index contributed by atoms with van der Waals surface area (Å²) >= 11 is 0. The van der Waals surface area contributed by atoms with E-state index in [1.807, 2.05) is 54.8 Å². The molecule has 3 aromatic rings. The summed E-state index contributed by atoms with van der Waals surface area (Å²) in [6.45, 7) is 7.87. The van der Waals surface area contributed by atoms with Crippen LogP contribution in [0.15, 0.2) is 79.0 Å². The van der Waals surface area contributed by atoms with Gasteiger partial charge in [0.1, 0.15) is 5.82 Å². The topological polar surface area (TPSA) is 57.6 Å². The van der Waals surface area contributed by atoms with Crippen LogP contribution in [0.5, 0.6) is 0 Å². The molecule has 1 aliphatic heterocycles. The second-order valence-corrected chi connectivity index (χ2v) is 9.16. The highest BCUT2D eigenvalue weighted by Crippen LogP contribution is 2.47. The lowest BCUT2D eigenvalue weighted by atomic mass is 9.98. The number of anilines is 1. The van der Waals surface area contributed by atoms with Crippen molar-refractivity contribution in [3.63, 3.8) is 0 Å². The Morgan fingerprint density at radius 2 is 1.86 bits per heavy atom. The predicted octanol–water partition coefficient (Wildman–Crippen LogP) is 6.16. The summed E-state index contributed by atoms with van der Waals surface area (Å²) in [7, 11) is 4.93. The number of carbonyl (C=O) groups is 2. The summed E-state index contributed by atoms with van der Waals surface area (Å²) in [5, 5.41) is 3.42. The zero-order valence-corrected chi connectivity index (χ0v) is 21.7. The van der Waals surface area contributed by atoms with Crippen molar-refractivity contribution < 1.29 is 14.0 Å². The van der Waals surface area contributed by atoms with Crippen molar-refractivity contribution in [2.24, 2.45) is 0 Å². The first-order valence-corrected chi connectivity index (χ1v) is 12.0. The summed E-state index contributed by atoms with van der Waals surface area (Å²) < 4.78 is 17.2. The number of aldehydes is 1. The maximum atomic E-state index is 15.3. The molecule has 7 heteroatoms. The lowest BCUT2D eigenvalue weighted by Crippen LogP contribution is -2.38. The zero-order valence-electron chi connectivity index (χ0n) is 21.7. The van der Waals surface area contributed by atoms with Crippen LogP contribution in [-0.2, 0) is 0 Å². The van der Waals surface area contributed by atoms with Crippen molar-refractivity contribution >= 4 is 23.7 Å². The van der Waals surface area contributed by atoms with Crippen molar-refractivity contribution in [1.29, 1.82) is 0 Å². The Labute approximate surface area is 217 Å². The van der Waals surface area contributed by atoms with Crippen LogP contribution in [0.25, 0.3) is 17.0 Å². The van der Waals surface area contributed by atoms with E-state index in [1.165, 1.54) is 15.9 Å². The van der Waals surface area contributed by atoms with Gasteiger partial charge in [-0.15, -0.1) is 0 Å². The van der Waals surface area contributed by atoms with Gasteiger partial charge < -0.3 is 14.8 Å². The van der Waals surface area contributed by atoms with Gasteiger partial charge >= 0.3 is 6.03 Å². The van der Waals surface area contributed by atoms with E-state index in [-0.39, 0.29) is 6.03 Å². The number of benzene rings is 2. The van der Waals surface area contributed by atoms with Crippen LogP contribution in [0.2, 0.25) is 0 Å². The van der Waals surface area contributed by atoms with Crippen LogP contribution in [0.3, 0.4) is 0 Å². The van der Waals surface area contributed by atoms with Crippen LogP contribution in [-0.4, -0.2) is 42.9 Å². The number of allylic oxidation sites excluding steroid dienone is 4. The van der Waals surface area contributed by atoms with Crippen LogP contribution in [0, 0.1) is 12.7 Å². The molecule has 0 fully saturated rings. The fraction of sp³-hybridized carbons (Fsp3) is 0.200. The summed E-state index contributed by atoms with van der Waals surface area (Å²) in [5.74, 6) is -0.400. The number of hydrogen-bond acceptors (Lipinski definition) is 3. The second-order valence-electron chi connectivity index (χ2n) is 9.16. The highest BCUT2D eigenvalue weighted by Gasteiger charge is 2.38. The maximum absolute atomic E-state index is 15.3. The average Bonchev–Trinajstić information content (AvgIpc) is 3.23. The molecule has 0 radical (unpaired) electrons. The van der Waals surface area contributed by atoms with Gasteiger partial charge in [-0.25, -0.2) is 9.18 Å². The minimum atomic E-state index is -0.701. The number of halogens is 1. The normalized spacial score (nSPS) is 14.8. The van der Waals surface area contributed by atoms with Gasteiger partial charge in [0.25, 0.3) is 0 Å². The number of nitrogens with one attached hydrogen (secondary N) is 1. The Morgan fingerprint density at radius 3 is 2.46 bits per heavy atom. The third kappa shape index (κ3) is 4.37. The van der Waals surface area contributed by atoms with E-state index in [1.54, 1.807) is 45.4 Å². The monoisotopic (exact) mass is 498 g/mol. The molecule has 2 heterocycles. The molecule has 0 saturated carbocycles. The minimum absolute atomic E-state index is 0.314. The molecule has 2 amide bonds. The number of rotatable bonds is 6. The number of hydrogen-bond donors (Lipinski definition) is 1. The second kappa shape index (κ2) is 10.3. The molecule has 190 valence electrons. The van der Waals surface area contributed by atoms with E-state index in [0.29, 0.717) is 33.9 Å². The molecule has 0 spiro atoms. The summed E-state index contributed by atoms with van der Waals surface area (Å²) in [6, 6.07) is 13.3. The first kappa shape index (κ1) is 25.7. The summed E-state index contributed by atoms with van der Waals surface area (Å²) in [4.78, 5) is 29.0. The van der Waals surface area contributed by atoms with E-state index < -0.39 is 11.9 Å². The van der Waals surface area contributed by atoms with E-state index in [0.717, 1.165) is 23.1 Å². The van der Waals surface area contributed by atoms with Crippen molar-refractivity contribution in [1.82, 2.24) is 14.8 Å². The Bertz CT molecular complexity index is 1450. The van der Waals surface area contributed by atoms with Crippen LogP contribution < -0.4 is 10.2 Å². The van der Waals surface area contributed by atoms with Gasteiger partial charge in [-0.2, -0.15) is 0 Å². The van der Waals surface area contributed by atoms with Gasteiger partial charge in [0.2, 0.25) is 0 Å². The molecular weight excluding hydrogens is 467 g/mol.